The monoisotopic (exact) mass is 180 g/mol. The summed E-state index contributed by atoms with van der Waals surface area (Å²) < 4.78 is 5.21. The van der Waals surface area contributed by atoms with Gasteiger partial charge in [0.2, 0.25) is 0 Å². The van der Waals surface area contributed by atoms with E-state index in [1.807, 2.05) is 19.1 Å². The first-order valence-electron chi connectivity index (χ1n) is 4.76. The summed E-state index contributed by atoms with van der Waals surface area (Å²) in [5, 5.41) is 0. The van der Waals surface area contributed by atoms with Gasteiger partial charge in [0, 0.05) is 19.3 Å². The normalized spacial score (nSPS) is 12.8. The third-order valence-corrected chi connectivity index (χ3v) is 2.10. The Bertz CT molecular complexity index is 249. The third-order valence-electron chi connectivity index (χ3n) is 2.10. The molecule has 72 valence electrons. The highest BCUT2D eigenvalue weighted by Crippen LogP contribution is 2.13. The molecule has 0 radical (unpaired) electrons. The Hall–Kier alpha value is -1.05. The molecular weight excluding hydrogens is 164 g/mol. The molecule has 0 aromatic carbocycles. The summed E-state index contributed by atoms with van der Waals surface area (Å²) in [6, 6.07) is 3.83. The third kappa shape index (κ3) is 3.45. The summed E-state index contributed by atoms with van der Waals surface area (Å²) in [6.45, 7) is 3.98. The van der Waals surface area contributed by atoms with Crippen molar-refractivity contribution >= 4 is 5.78 Å². The Labute approximate surface area is 78.9 Å². The predicted octanol–water partition coefficient (Wildman–Crippen LogP) is 2.83. The molecule has 0 spiro atoms. The molecule has 0 bridgehead atoms. The molecule has 0 amide bonds. The highest BCUT2D eigenvalue weighted by Gasteiger charge is 2.09. The minimum Gasteiger partial charge on any atom is -0.469 e. The van der Waals surface area contributed by atoms with Crippen LogP contribution in [0, 0.1) is 5.92 Å². The van der Waals surface area contributed by atoms with Crippen molar-refractivity contribution in [2.75, 3.05) is 0 Å². The molecule has 0 N–H and O–H groups in total. The van der Waals surface area contributed by atoms with Gasteiger partial charge in [0.15, 0.2) is 0 Å². The number of carbonyl (C=O) groups excluding carboxylic acids is 1. The summed E-state index contributed by atoms with van der Waals surface area (Å²) in [5.41, 5.74) is 0. The molecule has 0 aliphatic rings. The van der Waals surface area contributed by atoms with Crippen LogP contribution in [0.5, 0.6) is 0 Å². The quantitative estimate of drug-likeness (QED) is 0.697. The molecule has 1 rings (SSSR count). The van der Waals surface area contributed by atoms with Gasteiger partial charge in [-0.25, -0.2) is 0 Å². The fraction of sp³-hybridized carbons (Fsp3) is 0.545. The fourth-order valence-electron chi connectivity index (χ4n) is 1.38. The minimum absolute atomic E-state index is 0.332. The lowest BCUT2D eigenvalue weighted by molar-refractivity contribution is -0.119. The van der Waals surface area contributed by atoms with Gasteiger partial charge in [0.05, 0.1) is 6.26 Å². The van der Waals surface area contributed by atoms with Crippen LogP contribution in [-0.2, 0) is 11.2 Å². The maximum Gasteiger partial charge on any atom is 0.132 e. The van der Waals surface area contributed by atoms with E-state index in [1.54, 1.807) is 6.26 Å². The van der Waals surface area contributed by atoms with Gasteiger partial charge in [-0.3, -0.25) is 4.79 Å². The summed E-state index contributed by atoms with van der Waals surface area (Å²) in [6.07, 6.45) is 3.84. The van der Waals surface area contributed by atoms with Crippen LogP contribution >= 0.6 is 0 Å². The van der Waals surface area contributed by atoms with E-state index in [0.717, 1.165) is 12.2 Å². The van der Waals surface area contributed by atoms with E-state index < -0.39 is 0 Å². The largest absolute Gasteiger partial charge is 0.469 e. The van der Waals surface area contributed by atoms with Crippen molar-refractivity contribution in [2.24, 2.45) is 5.92 Å². The molecule has 2 nitrogen and oxygen atoms in total. The van der Waals surface area contributed by atoms with Gasteiger partial charge in [-0.05, 0) is 18.1 Å². The van der Waals surface area contributed by atoms with Gasteiger partial charge < -0.3 is 4.42 Å². The van der Waals surface area contributed by atoms with Crippen LogP contribution in [0.4, 0.5) is 0 Å². The number of hydrogen-bond acceptors (Lipinski definition) is 2. The van der Waals surface area contributed by atoms with Crippen molar-refractivity contribution in [3.8, 4) is 0 Å². The number of furan rings is 1. The maximum absolute atomic E-state index is 11.1. The second kappa shape index (κ2) is 4.85. The Balaban J connectivity index is 2.33. The lowest BCUT2D eigenvalue weighted by atomic mass is 9.99. The molecule has 0 aliphatic carbocycles. The Morgan fingerprint density at radius 2 is 2.38 bits per heavy atom. The van der Waals surface area contributed by atoms with Crippen molar-refractivity contribution in [1.82, 2.24) is 0 Å². The van der Waals surface area contributed by atoms with E-state index in [9.17, 15) is 4.79 Å². The van der Waals surface area contributed by atoms with E-state index in [-0.39, 0.29) is 0 Å². The van der Waals surface area contributed by atoms with Gasteiger partial charge in [-0.1, -0.05) is 13.8 Å². The zero-order valence-electron chi connectivity index (χ0n) is 8.25. The second-order valence-electron chi connectivity index (χ2n) is 3.49. The number of hydrogen-bond donors (Lipinski definition) is 0. The van der Waals surface area contributed by atoms with Gasteiger partial charge in [-0.15, -0.1) is 0 Å². The number of Topliss-reactive ketones (excluding diaryl/α,β-unsaturated/α-hetero) is 1. The predicted molar refractivity (Wildman–Crippen MR) is 51.5 cm³/mol. The molecule has 1 atom stereocenters. The first kappa shape index (κ1) is 10.0. The first-order chi connectivity index (χ1) is 6.22. The number of carbonyl (C=O) groups is 1. The van der Waals surface area contributed by atoms with Crippen molar-refractivity contribution in [1.29, 1.82) is 0 Å². The molecule has 0 aliphatic heterocycles. The molecule has 13 heavy (non-hydrogen) atoms. The summed E-state index contributed by atoms with van der Waals surface area (Å²) in [4.78, 5) is 11.1. The van der Waals surface area contributed by atoms with Gasteiger partial charge in [0.1, 0.15) is 11.5 Å². The van der Waals surface area contributed by atoms with Crippen LogP contribution in [0.1, 0.15) is 32.4 Å². The van der Waals surface area contributed by atoms with Crippen molar-refractivity contribution in [3.63, 3.8) is 0 Å². The van der Waals surface area contributed by atoms with Crippen LogP contribution in [0.25, 0.3) is 0 Å². The highest BCUT2D eigenvalue weighted by atomic mass is 16.3. The van der Waals surface area contributed by atoms with E-state index in [4.69, 9.17) is 4.42 Å². The van der Waals surface area contributed by atoms with E-state index in [2.05, 4.69) is 6.92 Å². The van der Waals surface area contributed by atoms with Gasteiger partial charge in [-0.2, -0.15) is 0 Å². The standard InChI is InChI=1S/C11H16O2/c1-3-10(12)7-9(2)8-11-5-4-6-13-11/h4-6,9H,3,7-8H2,1-2H3. The van der Waals surface area contributed by atoms with Gasteiger partial charge in [0.25, 0.3) is 0 Å². The molecule has 2 heteroatoms. The number of ketones is 1. The Morgan fingerprint density at radius 3 is 2.92 bits per heavy atom. The fourth-order valence-corrected chi connectivity index (χ4v) is 1.38. The molecule has 0 fully saturated rings. The van der Waals surface area contributed by atoms with Crippen LogP contribution in [0.3, 0.4) is 0 Å². The van der Waals surface area contributed by atoms with Crippen LogP contribution in [-0.4, -0.2) is 5.78 Å². The lowest BCUT2D eigenvalue weighted by Gasteiger charge is -2.06. The smallest absolute Gasteiger partial charge is 0.132 e. The first-order valence-corrected chi connectivity index (χ1v) is 4.76. The van der Waals surface area contributed by atoms with Crippen LogP contribution in [0.15, 0.2) is 22.8 Å². The molecular formula is C11H16O2. The molecule has 0 saturated carbocycles. The molecule has 1 aromatic heterocycles. The zero-order valence-corrected chi connectivity index (χ0v) is 8.25. The van der Waals surface area contributed by atoms with Crippen molar-refractivity contribution in [3.05, 3.63) is 24.2 Å². The number of rotatable bonds is 5. The summed E-state index contributed by atoms with van der Waals surface area (Å²) >= 11 is 0. The van der Waals surface area contributed by atoms with Crippen LogP contribution in [0.2, 0.25) is 0 Å². The van der Waals surface area contributed by atoms with Crippen LogP contribution < -0.4 is 0 Å². The van der Waals surface area contributed by atoms with E-state index >= 15 is 0 Å². The summed E-state index contributed by atoms with van der Waals surface area (Å²) in [7, 11) is 0. The maximum atomic E-state index is 11.1. The van der Waals surface area contributed by atoms with E-state index in [0.29, 0.717) is 24.5 Å². The zero-order chi connectivity index (χ0) is 9.68. The lowest BCUT2D eigenvalue weighted by Crippen LogP contribution is -2.06. The molecule has 1 aromatic rings. The summed E-state index contributed by atoms with van der Waals surface area (Å²) in [5.74, 6) is 1.69. The van der Waals surface area contributed by atoms with Gasteiger partial charge >= 0.3 is 0 Å². The average Bonchev–Trinajstić information content (AvgIpc) is 2.56. The highest BCUT2D eigenvalue weighted by molar-refractivity contribution is 5.78. The van der Waals surface area contributed by atoms with Crippen molar-refractivity contribution in [2.45, 2.75) is 33.1 Å². The molecule has 1 unspecified atom stereocenters. The average molecular weight is 180 g/mol. The molecule has 0 saturated heterocycles. The molecule has 1 heterocycles. The minimum atomic E-state index is 0.332. The topological polar surface area (TPSA) is 30.2 Å². The van der Waals surface area contributed by atoms with Crippen molar-refractivity contribution < 1.29 is 9.21 Å². The Morgan fingerprint density at radius 1 is 1.62 bits per heavy atom. The SMILES string of the molecule is CCC(=O)CC(C)Cc1ccco1. The second-order valence-corrected chi connectivity index (χ2v) is 3.49. The Kier molecular flexibility index (Phi) is 3.74. The van der Waals surface area contributed by atoms with E-state index in [1.165, 1.54) is 0 Å².